The van der Waals surface area contributed by atoms with E-state index in [4.69, 9.17) is 4.42 Å². The van der Waals surface area contributed by atoms with Crippen molar-refractivity contribution in [2.45, 2.75) is 26.8 Å². The van der Waals surface area contributed by atoms with Gasteiger partial charge < -0.3 is 14.8 Å². The average molecular weight is 486 g/mol. The lowest BCUT2D eigenvalue weighted by atomic mass is 10.00. The van der Waals surface area contributed by atoms with Crippen LogP contribution in [0.3, 0.4) is 0 Å². The highest BCUT2D eigenvalue weighted by molar-refractivity contribution is 7.07. The van der Waals surface area contributed by atoms with E-state index in [1.54, 1.807) is 49.4 Å². The van der Waals surface area contributed by atoms with E-state index in [9.17, 15) is 14.7 Å². The van der Waals surface area contributed by atoms with E-state index in [0.29, 0.717) is 43.4 Å². The van der Waals surface area contributed by atoms with Gasteiger partial charge in [-0.25, -0.2) is 4.99 Å². The molecule has 176 valence electrons. The van der Waals surface area contributed by atoms with Crippen molar-refractivity contribution in [1.82, 2.24) is 4.57 Å². The highest BCUT2D eigenvalue weighted by atomic mass is 32.1. The van der Waals surface area contributed by atoms with Crippen LogP contribution in [0.25, 0.3) is 6.08 Å². The number of allylic oxidation sites excluding steroid dienone is 1. The summed E-state index contributed by atoms with van der Waals surface area (Å²) in [4.78, 5) is 32.2. The van der Waals surface area contributed by atoms with E-state index >= 15 is 0 Å². The van der Waals surface area contributed by atoms with E-state index < -0.39 is 6.04 Å². The zero-order valence-corrected chi connectivity index (χ0v) is 20.2. The number of nitrogens with one attached hydrogen (secondary N) is 1. The number of carbonyl (C=O) groups excluding carboxylic acids is 1. The quantitative estimate of drug-likeness (QED) is 0.460. The molecular formula is C27H23N3O4S. The fourth-order valence-electron chi connectivity index (χ4n) is 4.13. The fourth-order valence-corrected chi connectivity index (χ4v) is 5.17. The second-order valence-corrected chi connectivity index (χ2v) is 9.37. The summed E-state index contributed by atoms with van der Waals surface area (Å²) < 4.78 is 7.81. The number of phenols is 1. The van der Waals surface area contributed by atoms with Crippen LogP contribution in [0, 0.1) is 13.8 Å². The maximum atomic E-state index is 13.6. The summed E-state index contributed by atoms with van der Waals surface area (Å²) in [5, 5.41) is 13.2. The van der Waals surface area contributed by atoms with E-state index in [2.05, 4.69) is 10.3 Å². The van der Waals surface area contributed by atoms with E-state index in [0.717, 1.165) is 5.56 Å². The molecule has 1 amide bonds. The number of amides is 1. The Morgan fingerprint density at radius 2 is 1.83 bits per heavy atom. The zero-order chi connectivity index (χ0) is 24.7. The molecular weight excluding hydrogens is 462 g/mol. The smallest absolute Gasteiger partial charge is 0.271 e. The lowest BCUT2D eigenvalue weighted by Gasteiger charge is -2.23. The molecule has 1 aliphatic heterocycles. The number of aromatic nitrogens is 1. The van der Waals surface area contributed by atoms with Gasteiger partial charge in [0.1, 0.15) is 23.3 Å². The summed E-state index contributed by atoms with van der Waals surface area (Å²) in [5.41, 5.74) is 2.66. The number of phenolic OH excluding ortho intramolecular Hbond substituents is 1. The monoisotopic (exact) mass is 485 g/mol. The lowest BCUT2D eigenvalue weighted by molar-refractivity contribution is -0.113. The predicted molar refractivity (Wildman–Crippen MR) is 135 cm³/mol. The number of para-hydroxylation sites is 2. The number of fused-ring (bicyclic) bond motifs is 1. The van der Waals surface area contributed by atoms with Crippen LogP contribution < -0.4 is 20.2 Å². The van der Waals surface area contributed by atoms with E-state index in [1.807, 2.05) is 38.1 Å². The molecule has 2 N–H and O–H groups in total. The molecule has 8 heteroatoms. The number of nitrogens with zero attached hydrogens (tertiary/aromatic N) is 2. The molecule has 0 saturated carbocycles. The Balaban J connectivity index is 1.68. The van der Waals surface area contributed by atoms with Crippen molar-refractivity contribution in [3.05, 3.63) is 114 Å². The van der Waals surface area contributed by atoms with Crippen molar-refractivity contribution in [2.75, 3.05) is 5.32 Å². The first-order valence-electron chi connectivity index (χ1n) is 11.1. The summed E-state index contributed by atoms with van der Waals surface area (Å²) in [6.45, 7) is 5.49. The van der Waals surface area contributed by atoms with Crippen LogP contribution in [0.4, 0.5) is 5.69 Å². The topological polar surface area (TPSA) is 96.8 Å². The Kier molecular flexibility index (Phi) is 5.74. The van der Waals surface area contributed by atoms with E-state index in [1.165, 1.54) is 15.9 Å². The summed E-state index contributed by atoms with van der Waals surface area (Å²) in [7, 11) is 0. The molecule has 2 aromatic heterocycles. The van der Waals surface area contributed by atoms with Crippen LogP contribution in [0.2, 0.25) is 0 Å². The van der Waals surface area contributed by atoms with Crippen LogP contribution in [0.5, 0.6) is 5.75 Å². The molecule has 0 spiro atoms. The molecule has 0 bridgehead atoms. The van der Waals surface area contributed by atoms with Gasteiger partial charge in [0, 0.05) is 11.3 Å². The SMILES string of the molecule is CC1=C(C(=O)Nc2ccccc2C)C(c2ccc(C)o2)n2c(s/c(=C/c3ccccc3O)c2=O)=N1. The molecule has 1 unspecified atom stereocenters. The first-order chi connectivity index (χ1) is 16.8. The minimum Gasteiger partial charge on any atom is -0.507 e. The van der Waals surface area contributed by atoms with Gasteiger partial charge in [-0.2, -0.15) is 0 Å². The number of anilines is 1. The minimum atomic E-state index is -0.782. The maximum absolute atomic E-state index is 13.6. The second kappa shape index (κ2) is 8.88. The highest BCUT2D eigenvalue weighted by Gasteiger charge is 2.34. The van der Waals surface area contributed by atoms with Crippen molar-refractivity contribution in [1.29, 1.82) is 0 Å². The summed E-state index contributed by atoms with van der Waals surface area (Å²) in [5.74, 6) is 0.868. The normalized spacial score (nSPS) is 15.6. The molecule has 0 fully saturated rings. The number of thiazole rings is 1. The molecule has 35 heavy (non-hydrogen) atoms. The zero-order valence-electron chi connectivity index (χ0n) is 19.4. The summed E-state index contributed by atoms with van der Waals surface area (Å²) >= 11 is 1.20. The third-order valence-corrected chi connectivity index (χ3v) is 6.90. The molecule has 1 aliphatic rings. The Hall–Kier alpha value is -4.17. The number of aromatic hydroxyl groups is 1. The Morgan fingerprint density at radius 1 is 1.09 bits per heavy atom. The highest BCUT2D eigenvalue weighted by Crippen LogP contribution is 2.32. The van der Waals surface area contributed by atoms with Crippen molar-refractivity contribution in [2.24, 2.45) is 4.99 Å². The average Bonchev–Trinajstić information content (AvgIpc) is 3.39. The van der Waals surface area contributed by atoms with Gasteiger partial charge in [-0.3, -0.25) is 14.2 Å². The van der Waals surface area contributed by atoms with Crippen molar-refractivity contribution >= 4 is 29.0 Å². The van der Waals surface area contributed by atoms with Gasteiger partial charge in [0.15, 0.2) is 4.80 Å². The second-order valence-electron chi connectivity index (χ2n) is 8.36. The number of carbonyl (C=O) groups is 1. The van der Waals surface area contributed by atoms with Gasteiger partial charge in [-0.1, -0.05) is 47.7 Å². The van der Waals surface area contributed by atoms with Crippen LogP contribution in [0.15, 0.2) is 86.1 Å². The number of hydrogen-bond acceptors (Lipinski definition) is 6. The number of benzene rings is 2. The van der Waals surface area contributed by atoms with Gasteiger partial charge in [0.25, 0.3) is 11.5 Å². The standard InChI is InChI=1S/C27H23N3O4S/c1-15-8-4-6-10-19(15)29-25(32)23-17(3)28-27-30(24(23)21-13-12-16(2)34-21)26(33)22(35-27)14-18-9-5-7-11-20(18)31/h4-14,24,31H,1-3H3,(H,29,32)/b22-14+. The molecule has 0 radical (unpaired) electrons. The number of furan rings is 1. The van der Waals surface area contributed by atoms with Crippen LogP contribution in [-0.2, 0) is 4.79 Å². The Bertz CT molecular complexity index is 1670. The first-order valence-corrected chi connectivity index (χ1v) is 11.9. The molecule has 5 rings (SSSR count). The third kappa shape index (κ3) is 4.13. The molecule has 2 aromatic carbocycles. The third-order valence-electron chi connectivity index (χ3n) is 5.91. The maximum Gasteiger partial charge on any atom is 0.271 e. The molecule has 0 saturated heterocycles. The van der Waals surface area contributed by atoms with Crippen molar-refractivity contribution in [3.8, 4) is 5.75 Å². The molecule has 0 aliphatic carbocycles. The first kappa shape index (κ1) is 22.6. The van der Waals surface area contributed by atoms with Gasteiger partial charge in [0.2, 0.25) is 0 Å². The van der Waals surface area contributed by atoms with Gasteiger partial charge in [-0.05, 0) is 56.7 Å². The van der Waals surface area contributed by atoms with Crippen LogP contribution in [-0.4, -0.2) is 15.6 Å². The fraction of sp³-hybridized carbons (Fsp3) is 0.148. The van der Waals surface area contributed by atoms with Crippen molar-refractivity contribution in [3.63, 3.8) is 0 Å². The molecule has 1 atom stereocenters. The Labute approximate surface area is 205 Å². The van der Waals surface area contributed by atoms with Crippen molar-refractivity contribution < 1.29 is 14.3 Å². The van der Waals surface area contributed by atoms with E-state index in [-0.39, 0.29) is 17.2 Å². The minimum absolute atomic E-state index is 0.0750. The van der Waals surface area contributed by atoms with Gasteiger partial charge in [0.05, 0.1) is 15.8 Å². The van der Waals surface area contributed by atoms with Gasteiger partial charge in [-0.15, -0.1) is 0 Å². The molecule has 3 heterocycles. The number of aryl methyl sites for hydroxylation is 2. The summed E-state index contributed by atoms with van der Waals surface area (Å²) in [6, 6.07) is 17.1. The molecule has 7 nitrogen and oxygen atoms in total. The number of hydrogen-bond donors (Lipinski definition) is 2. The largest absolute Gasteiger partial charge is 0.507 e. The summed E-state index contributed by atoms with van der Waals surface area (Å²) in [6.07, 6.45) is 1.63. The van der Waals surface area contributed by atoms with Gasteiger partial charge >= 0.3 is 0 Å². The number of rotatable bonds is 4. The van der Waals surface area contributed by atoms with Crippen LogP contribution in [0.1, 0.15) is 35.6 Å². The molecule has 4 aromatic rings. The Morgan fingerprint density at radius 3 is 2.54 bits per heavy atom. The predicted octanol–water partition coefficient (Wildman–Crippen LogP) is 3.79. The van der Waals surface area contributed by atoms with Crippen LogP contribution >= 0.6 is 11.3 Å². The lowest BCUT2D eigenvalue weighted by Crippen LogP contribution is -2.40.